The molecule has 2 aromatic carbocycles. The van der Waals surface area contributed by atoms with Gasteiger partial charge in [-0.05, 0) is 24.3 Å². The van der Waals surface area contributed by atoms with E-state index in [1.54, 1.807) is 6.07 Å². The molecular weight excluding hydrogens is 372 g/mol. The largest absolute Gasteiger partial charge is 0.495 e. The fourth-order valence-electron chi connectivity index (χ4n) is 2.48. The molecule has 0 aliphatic carbocycles. The summed E-state index contributed by atoms with van der Waals surface area (Å²) in [7, 11) is 1.36. The standard InChI is InChI=1S/C18H16N2O8/c1-25-14-5-3-12(20(23)24)9-13(14)19-17(21)10-28-18(22)11-2-4-15-16(8-11)27-7-6-26-15/h2-5,8-9H,6-7,10H2,1H3,(H,19,21). The highest BCUT2D eigenvalue weighted by atomic mass is 16.6. The van der Waals surface area contributed by atoms with Gasteiger partial charge in [0.05, 0.1) is 23.3 Å². The lowest BCUT2D eigenvalue weighted by atomic mass is 10.2. The topological polar surface area (TPSA) is 126 Å². The van der Waals surface area contributed by atoms with Crippen LogP contribution in [0.4, 0.5) is 11.4 Å². The van der Waals surface area contributed by atoms with Crippen molar-refractivity contribution < 1.29 is 33.5 Å². The number of nitrogens with zero attached hydrogens (tertiary/aromatic N) is 1. The second-order valence-electron chi connectivity index (χ2n) is 5.62. The maximum absolute atomic E-state index is 12.1. The number of amides is 1. The molecule has 0 spiro atoms. The van der Waals surface area contributed by atoms with Crippen LogP contribution in [0, 0.1) is 10.1 Å². The number of benzene rings is 2. The first-order valence-electron chi connectivity index (χ1n) is 8.17. The summed E-state index contributed by atoms with van der Waals surface area (Å²) in [6.45, 7) is 0.218. The van der Waals surface area contributed by atoms with E-state index in [1.165, 1.54) is 31.4 Å². The molecule has 146 valence electrons. The molecule has 1 N–H and O–H groups in total. The van der Waals surface area contributed by atoms with Gasteiger partial charge in [-0.15, -0.1) is 0 Å². The molecule has 28 heavy (non-hydrogen) atoms. The van der Waals surface area contributed by atoms with Crippen molar-refractivity contribution in [2.75, 3.05) is 32.2 Å². The lowest BCUT2D eigenvalue weighted by Crippen LogP contribution is -2.21. The van der Waals surface area contributed by atoms with E-state index in [4.69, 9.17) is 18.9 Å². The molecule has 0 saturated heterocycles. The van der Waals surface area contributed by atoms with E-state index in [9.17, 15) is 19.7 Å². The molecule has 1 amide bonds. The minimum absolute atomic E-state index is 0.0945. The van der Waals surface area contributed by atoms with Crippen molar-refractivity contribution in [1.82, 2.24) is 0 Å². The minimum Gasteiger partial charge on any atom is -0.495 e. The van der Waals surface area contributed by atoms with Crippen LogP contribution in [-0.4, -0.2) is 43.7 Å². The highest BCUT2D eigenvalue weighted by Crippen LogP contribution is 2.31. The second-order valence-corrected chi connectivity index (χ2v) is 5.62. The van der Waals surface area contributed by atoms with Gasteiger partial charge in [0.25, 0.3) is 11.6 Å². The number of ether oxygens (including phenoxy) is 4. The van der Waals surface area contributed by atoms with E-state index >= 15 is 0 Å². The van der Waals surface area contributed by atoms with Crippen LogP contribution in [0.15, 0.2) is 36.4 Å². The highest BCUT2D eigenvalue weighted by Gasteiger charge is 2.18. The van der Waals surface area contributed by atoms with Crippen LogP contribution >= 0.6 is 0 Å². The van der Waals surface area contributed by atoms with Crippen LogP contribution in [0.5, 0.6) is 17.2 Å². The third-order valence-electron chi connectivity index (χ3n) is 3.78. The third-order valence-corrected chi connectivity index (χ3v) is 3.78. The summed E-state index contributed by atoms with van der Waals surface area (Å²) in [4.78, 5) is 34.5. The number of esters is 1. The van der Waals surface area contributed by atoms with Crippen LogP contribution in [0.3, 0.4) is 0 Å². The molecule has 0 atom stereocenters. The SMILES string of the molecule is COc1ccc([N+](=O)[O-])cc1NC(=O)COC(=O)c1ccc2c(c1)OCCO2. The average molecular weight is 388 g/mol. The fourth-order valence-corrected chi connectivity index (χ4v) is 2.48. The number of rotatable bonds is 6. The first-order chi connectivity index (χ1) is 13.5. The number of carbonyl (C=O) groups is 2. The Labute approximate surface area is 159 Å². The summed E-state index contributed by atoms with van der Waals surface area (Å²) in [5.74, 6) is -0.218. The Kier molecular flexibility index (Phi) is 5.58. The van der Waals surface area contributed by atoms with Gasteiger partial charge in [0.15, 0.2) is 18.1 Å². The first-order valence-corrected chi connectivity index (χ1v) is 8.17. The molecule has 1 aliphatic rings. The molecule has 0 radical (unpaired) electrons. The third kappa shape index (κ3) is 4.29. The number of anilines is 1. The van der Waals surface area contributed by atoms with Crippen molar-refractivity contribution in [1.29, 1.82) is 0 Å². The van der Waals surface area contributed by atoms with Crippen molar-refractivity contribution in [3.8, 4) is 17.2 Å². The molecule has 0 unspecified atom stereocenters. The predicted octanol–water partition coefficient (Wildman–Crippen LogP) is 2.17. The Morgan fingerprint density at radius 1 is 1.14 bits per heavy atom. The molecule has 10 nitrogen and oxygen atoms in total. The number of nitro benzene ring substituents is 1. The van der Waals surface area contributed by atoms with Crippen molar-refractivity contribution in [3.63, 3.8) is 0 Å². The molecule has 1 aliphatic heterocycles. The monoisotopic (exact) mass is 388 g/mol. The number of hydrogen-bond donors (Lipinski definition) is 1. The Morgan fingerprint density at radius 3 is 2.61 bits per heavy atom. The van der Waals surface area contributed by atoms with Gasteiger partial charge in [0.2, 0.25) is 0 Å². The molecular formula is C18H16N2O8. The average Bonchev–Trinajstić information content (AvgIpc) is 2.71. The zero-order chi connectivity index (χ0) is 20.1. The number of nitro groups is 1. The van der Waals surface area contributed by atoms with E-state index in [-0.39, 0.29) is 22.7 Å². The van der Waals surface area contributed by atoms with Crippen molar-refractivity contribution in [2.45, 2.75) is 0 Å². The summed E-state index contributed by atoms with van der Waals surface area (Å²) in [5, 5.41) is 13.3. The van der Waals surface area contributed by atoms with Gasteiger partial charge in [-0.1, -0.05) is 0 Å². The molecule has 0 saturated carbocycles. The van der Waals surface area contributed by atoms with Crippen LogP contribution in [0.2, 0.25) is 0 Å². The van der Waals surface area contributed by atoms with E-state index in [0.717, 1.165) is 6.07 Å². The predicted molar refractivity (Wildman–Crippen MR) is 96.0 cm³/mol. The molecule has 0 aromatic heterocycles. The number of carbonyl (C=O) groups excluding carboxylic acids is 2. The van der Waals surface area contributed by atoms with Gasteiger partial charge in [-0.25, -0.2) is 4.79 Å². The van der Waals surface area contributed by atoms with E-state index in [2.05, 4.69) is 5.32 Å². The van der Waals surface area contributed by atoms with E-state index < -0.39 is 23.4 Å². The Hall–Kier alpha value is -3.82. The first kappa shape index (κ1) is 19.0. The number of nitrogens with one attached hydrogen (secondary N) is 1. The zero-order valence-electron chi connectivity index (χ0n) is 14.8. The Morgan fingerprint density at radius 2 is 1.89 bits per heavy atom. The zero-order valence-corrected chi connectivity index (χ0v) is 14.8. The number of methoxy groups -OCH3 is 1. The summed E-state index contributed by atoms with van der Waals surface area (Å²) in [5.41, 5.74) is 0.0754. The summed E-state index contributed by atoms with van der Waals surface area (Å²) >= 11 is 0. The molecule has 0 bridgehead atoms. The van der Waals surface area contributed by atoms with Crippen molar-refractivity contribution in [3.05, 3.63) is 52.1 Å². The van der Waals surface area contributed by atoms with Gasteiger partial charge in [-0.3, -0.25) is 14.9 Å². The van der Waals surface area contributed by atoms with Crippen LogP contribution in [-0.2, 0) is 9.53 Å². The Balaban J connectivity index is 1.62. The number of non-ortho nitro benzene ring substituents is 1. The molecule has 10 heteroatoms. The van der Waals surface area contributed by atoms with Crippen LogP contribution < -0.4 is 19.5 Å². The normalized spacial score (nSPS) is 12.0. The van der Waals surface area contributed by atoms with Crippen LogP contribution in [0.1, 0.15) is 10.4 Å². The van der Waals surface area contributed by atoms with Gasteiger partial charge >= 0.3 is 5.97 Å². The summed E-state index contributed by atoms with van der Waals surface area (Å²) < 4.78 is 20.8. The summed E-state index contributed by atoms with van der Waals surface area (Å²) in [6.07, 6.45) is 0. The quantitative estimate of drug-likeness (QED) is 0.453. The fraction of sp³-hybridized carbons (Fsp3) is 0.222. The molecule has 1 heterocycles. The molecule has 3 rings (SSSR count). The minimum atomic E-state index is -0.724. The van der Waals surface area contributed by atoms with E-state index in [1.807, 2.05) is 0 Å². The van der Waals surface area contributed by atoms with Crippen molar-refractivity contribution in [2.24, 2.45) is 0 Å². The smallest absolute Gasteiger partial charge is 0.338 e. The molecule has 2 aromatic rings. The number of hydrogen-bond acceptors (Lipinski definition) is 8. The maximum Gasteiger partial charge on any atom is 0.338 e. The number of fused-ring (bicyclic) bond motifs is 1. The van der Waals surface area contributed by atoms with Gasteiger partial charge in [-0.2, -0.15) is 0 Å². The van der Waals surface area contributed by atoms with Gasteiger partial charge in [0.1, 0.15) is 19.0 Å². The lowest BCUT2D eigenvalue weighted by Gasteiger charge is -2.18. The van der Waals surface area contributed by atoms with E-state index in [0.29, 0.717) is 24.7 Å². The Bertz CT molecular complexity index is 928. The van der Waals surface area contributed by atoms with Gasteiger partial charge in [0, 0.05) is 12.1 Å². The summed E-state index contributed by atoms with van der Waals surface area (Å²) in [6, 6.07) is 8.31. The molecule has 0 fully saturated rings. The second kappa shape index (κ2) is 8.25. The van der Waals surface area contributed by atoms with Gasteiger partial charge < -0.3 is 24.3 Å². The lowest BCUT2D eigenvalue weighted by molar-refractivity contribution is -0.384. The highest BCUT2D eigenvalue weighted by molar-refractivity contribution is 5.96. The van der Waals surface area contributed by atoms with Crippen molar-refractivity contribution >= 4 is 23.3 Å². The maximum atomic E-state index is 12.1. The van der Waals surface area contributed by atoms with Crippen LogP contribution in [0.25, 0.3) is 0 Å².